The number of hydrogen-bond donors (Lipinski definition) is 1. The second-order valence-corrected chi connectivity index (χ2v) is 6.32. The van der Waals surface area contributed by atoms with Gasteiger partial charge in [0.1, 0.15) is 29.4 Å². The summed E-state index contributed by atoms with van der Waals surface area (Å²) >= 11 is 0. The quantitative estimate of drug-likeness (QED) is 0.618. The highest BCUT2D eigenvalue weighted by Gasteiger charge is 2.13. The zero-order chi connectivity index (χ0) is 19.9. The predicted octanol–water partition coefficient (Wildman–Crippen LogP) is 5.03. The second kappa shape index (κ2) is 8.90. The number of aryl methyl sites for hydroxylation is 1. The van der Waals surface area contributed by atoms with Crippen LogP contribution in [-0.2, 0) is 0 Å². The number of aliphatic hydroxyl groups excluding tert-OH is 1. The van der Waals surface area contributed by atoms with Gasteiger partial charge >= 0.3 is 0 Å². The molecule has 0 heterocycles. The Hall–Kier alpha value is -3.55. The van der Waals surface area contributed by atoms with E-state index in [1.165, 1.54) is 0 Å². The lowest BCUT2D eigenvalue weighted by Gasteiger charge is -2.15. The van der Waals surface area contributed by atoms with Gasteiger partial charge in [0.2, 0.25) is 0 Å². The van der Waals surface area contributed by atoms with E-state index in [1.54, 1.807) is 37.5 Å². The van der Waals surface area contributed by atoms with Crippen molar-refractivity contribution in [1.29, 1.82) is 5.26 Å². The van der Waals surface area contributed by atoms with E-state index in [4.69, 9.17) is 9.47 Å². The number of aliphatic hydroxyl groups is 1. The lowest BCUT2D eigenvalue weighted by Crippen LogP contribution is -2.01. The van der Waals surface area contributed by atoms with Gasteiger partial charge in [0.05, 0.1) is 12.7 Å². The summed E-state index contributed by atoms with van der Waals surface area (Å²) in [5.41, 5.74) is 3.06. The minimum atomic E-state index is -0.855. The van der Waals surface area contributed by atoms with Crippen molar-refractivity contribution >= 4 is 5.76 Å². The molecule has 0 bridgehead atoms. The second-order valence-electron chi connectivity index (χ2n) is 6.32. The van der Waals surface area contributed by atoms with Crippen LogP contribution in [0.15, 0.2) is 78.9 Å². The molecule has 0 aliphatic rings. The van der Waals surface area contributed by atoms with Crippen molar-refractivity contribution in [2.45, 2.75) is 13.0 Å². The normalized spacial score (nSPS) is 12.1. The van der Waals surface area contributed by atoms with E-state index in [0.29, 0.717) is 17.1 Å². The third kappa shape index (κ3) is 4.59. The summed E-state index contributed by atoms with van der Waals surface area (Å²) in [7, 11) is 1.60. The summed E-state index contributed by atoms with van der Waals surface area (Å²) in [5.74, 6) is 1.61. The molecule has 1 atom stereocenters. The molecule has 4 nitrogen and oxygen atoms in total. The summed E-state index contributed by atoms with van der Waals surface area (Å²) in [6.45, 7) is 2.00. The Morgan fingerprint density at radius 1 is 1.00 bits per heavy atom. The molecule has 140 valence electrons. The number of para-hydroxylation sites is 1. The van der Waals surface area contributed by atoms with E-state index in [-0.39, 0.29) is 0 Å². The van der Waals surface area contributed by atoms with Crippen molar-refractivity contribution in [1.82, 2.24) is 0 Å². The van der Waals surface area contributed by atoms with Crippen LogP contribution in [0.4, 0.5) is 0 Å². The van der Waals surface area contributed by atoms with Crippen LogP contribution in [0.25, 0.3) is 5.76 Å². The summed E-state index contributed by atoms with van der Waals surface area (Å²) in [4.78, 5) is 0. The Balaban J connectivity index is 2.00. The van der Waals surface area contributed by atoms with Crippen molar-refractivity contribution < 1.29 is 14.6 Å². The molecule has 0 saturated carbocycles. The first kappa shape index (κ1) is 19.2. The summed E-state index contributed by atoms with van der Waals surface area (Å²) in [6, 6.07) is 24.1. The molecule has 0 aliphatic heterocycles. The van der Waals surface area contributed by atoms with E-state index >= 15 is 0 Å². The van der Waals surface area contributed by atoms with Crippen LogP contribution in [0.1, 0.15) is 28.4 Å². The van der Waals surface area contributed by atoms with Gasteiger partial charge in [-0.05, 0) is 55.0 Å². The summed E-state index contributed by atoms with van der Waals surface area (Å²) in [5, 5.41) is 20.0. The van der Waals surface area contributed by atoms with Gasteiger partial charge in [-0.3, -0.25) is 0 Å². The van der Waals surface area contributed by atoms with E-state index in [1.807, 2.05) is 55.5 Å². The molecular formula is C24H21NO3. The van der Waals surface area contributed by atoms with Crippen LogP contribution in [0, 0.1) is 18.3 Å². The number of nitrogens with zero attached hydrogens (tertiary/aromatic N) is 1. The monoisotopic (exact) mass is 371 g/mol. The molecule has 3 rings (SSSR count). The van der Waals surface area contributed by atoms with Gasteiger partial charge in [0.15, 0.2) is 0 Å². The minimum absolute atomic E-state index is 0.423. The lowest BCUT2D eigenvalue weighted by molar-refractivity contribution is 0.227. The van der Waals surface area contributed by atoms with Gasteiger partial charge in [-0.1, -0.05) is 42.0 Å². The number of ether oxygens (including phenoxy) is 2. The molecular weight excluding hydrogens is 350 g/mol. The van der Waals surface area contributed by atoms with E-state index in [0.717, 1.165) is 22.4 Å². The molecule has 0 saturated heterocycles. The zero-order valence-corrected chi connectivity index (χ0v) is 15.8. The van der Waals surface area contributed by atoms with Gasteiger partial charge in [-0.15, -0.1) is 0 Å². The van der Waals surface area contributed by atoms with Crippen LogP contribution in [-0.4, -0.2) is 12.2 Å². The van der Waals surface area contributed by atoms with Crippen LogP contribution in [0.5, 0.6) is 11.5 Å². The Morgan fingerprint density at radius 2 is 1.68 bits per heavy atom. The Bertz CT molecular complexity index is 999. The third-order valence-electron chi connectivity index (χ3n) is 4.33. The fraction of sp³-hybridized carbons (Fsp3) is 0.125. The molecule has 0 radical (unpaired) electrons. The van der Waals surface area contributed by atoms with Crippen LogP contribution in [0.3, 0.4) is 0 Å². The average Bonchev–Trinajstić information content (AvgIpc) is 2.74. The smallest absolute Gasteiger partial charge is 0.145 e. The van der Waals surface area contributed by atoms with Gasteiger partial charge in [-0.25, -0.2) is 0 Å². The highest BCUT2D eigenvalue weighted by Crippen LogP contribution is 2.28. The molecule has 28 heavy (non-hydrogen) atoms. The van der Waals surface area contributed by atoms with Crippen molar-refractivity contribution in [3.8, 4) is 17.6 Å². The molecule has 0 amide bonds. The van der Waals surface area contributed by atoms with E-state index < -0.39 is 6.10 Å². The molecule has 0 aromatic heterocycles. The van der Waals surface area contributed by atoms with Crippen molar-refractivity contribution in [2.24, 2.45) is 0 Å². The maximum atomic E-state index is 10.7. The van der Waals surface area contributed by atoms with Crippen molar-refractivity contribution in [3.05, 3.63) is 101 Å². The fourth-order valence-electron chi connectivity index (χ4n) is 2.71. The molecule has 3 aromatic rings. The largest absolute Gasteiger partial charge is 0.497 e. The molecule has 0 spiro atoms. The highest BCUT2D eigenvalue weighted by molar-refractivity contribution is 5.64. The number of rotatable bonds is 6. The minimum Gasteiger partial charge on any atom is -0.497 e. The van der Waals surface area contributed by atoms with Crippen molar-refractivity contribution in [2.75, 3.05) is 7.11 Å². The van der Waals surface area contributed by atoms with Gasteiger partial charge in [-0.2, -0.15) is 5.26 Å². The lowest BCUT2D eigenvalue weighted by atomic mass is 10.0. The first-order valence-corrected chi connectivity index (χ1v) is 8.88. The Kier molecular flexibility index (Phi) is 6.11. The average molecular weight is 371 g/mol. The van der Waals surface area contributed by atoms with Gasteiger partial charge in [0.25, 0.3) is 0 Å². The Morgan fingerprint density at radius 3 is 2.32 bits per heavy atom. The van der Waals surface area contributed by atoms with E-state index in [9.17, 15) is 10.4 Å². The molecule has 4 heteroatoms. The van der Waals surface area contributed by atoms with E-state index in [2.05, 4.69) is 6.07 Å². The van der Waals surface area contributed by atoms with Gasteiger partial charge < -0.3 is 14.6 Å². The highest BCUT2D eigenvalue weighted by atomic mass is 16.5. The van der Waals surface area contributed by atoms with Crippen LogP contribution >= 0.6 is 0 Å². The molecule has 3 aromatic carbocycles. The maximum absolute atomic E-state index is 10.7. The fourth-order valence-corrected chi connectivity index (χ4v) is 2.71. The standard InChI is InChI=1S/C24H21NO3/c1-17-7-9-18(10-8-17)22(26)15-24(19-11-13-21(27-2)14-12-19)28-23-6-4-3-5-20(23)16-25/h3-15,22,26H,1-2H3/b24-15-. The molecule has 1 unspecified atom stereocenters. The number of benzene rings is 3. The Labute approximate surface area is 164 Å². The number of hydrogen-bond acceptors (Lipinski definition) is 4. The number of nitriles is 1. The van der Waals surface area contributed by atoms with Crippen LogP contribution < -0.4 is 9.47 Å². The van der Waals surface area contributed by atoms with Crippen molar-refractivity contribution in [3.63, 3.8) is 0 Å². The topological polar surface area (TPSA) is 62.5 Å². The SMILES string of the molecule is COc1ccc(/C(=C/C(O)c2ccc(C)cc2)Oc2ccccc2C#N)cc1. The molecule has 0 fully saturated rings. The molecule has 0 aliphatic carbocycles. The number of methoxy groups -OCH3 is 1. The predicted molar refractivity (Wildman–Crippen MR) is 109 cm³/mol. The molecule has 1 N–H and O–H groups in total. The summed E-state index contributed by atoms with van der Waals surface area (Å²) in [6.07, 6.45) is 0.785. The third-order valence-corrected chi connectivity index (χ3v) is 4.33. The van der Waals surface area contributed by atoms with Crippen LogP contribution in [0.2, 0.25) is 0 Å². The zero-order valence-electron chi connectivity index (χ0n) is 15.8. The first-order valence-electron chi connectivity index (χ1n) is 8.88. The maximum Gasteiger partial charge on any atom is 0.145 e. The first-order chi connectivity index (χ1) is 13.6. The van der Waals surface area contributed by atoms with Gasteiger partial charge in [0, 0.05) is 5.56 Å². The summed E-state index contributed by atoms with van der Waals surface area (Å²) < 4.78 is 11.3.